The predicted octanol–water partition coefficient (Wildman–Crippen LogP) is 3.90. The van der Waals surface area contributed by atoms with E-state index in [0.717, 1.165) is 18.8 Å². The molecule has 4 heteroatoms. The van der Waals surface area contributed by atoms with Crippen molar-refractivity contribution >= 4 is 39.9 Å². The molecule has 0 aliphatic carbocycles. The molecule has 0 amide bonds. The number of halogens is 1. The largest absolute Gasteiger partial charge is 0.302 e. The van der Waals surface area contributed by atoms with E-state index >= 15 is 0 Å². The van der Waals surface area contributed by atoms with Gasteiger partial charge in [-0.3, -0.25) is 0 Å². The van der Waals surface area contributed by atoms with Crippen LogP contribution in [0.4, 0.5) is 0 Å². The summed E-state index contributed by atoms with van der Waals surface area (Å²) in [4.78, 5) is 2.35. The van der Waals surface area contributed by atoms with Crippen LogP contribution in [0.2, 0.25) is 0 Å². The van der Waals surface area contributed by atoms with Gasteiger partial charge in [-0.2, -0.15) is 12.6 Å². The standard InChI is InChI=1S/C11H18BrNS2/c1-11(2,8-14)7-13(3)5-9-4-10(12)15-6-9/h4,6,14H,5,7-8H2,1-3H3. The van der Waals surface area contributed by atoms with E-state index in [0.29, 0.717) is 0 Å². The summed E-state index contributed by atoms with van der Waals surface area (Å²) in [5, 5.41) is 2.20. The lowest BCUT2D eigenvalue weighted by molar-refractivity contribution is 0.225. The van der Waals surface area contributed by atoms with Gasteiger partial charge in [0, 0.05) is 13.1 Å². The van der Waals surface area contributed by atoms with Gasteiger partial charge in [0.05, 0.1) is 3.79 Å². The lowest BCUT2D eigenvalue weighted by Crippen LogP contribution is -2.32. The van der Waals surface area contributed by atoms with Crippen LogP contribution in [0, 0.1) is 5.41 Å². The fourth-order valence-corrected chi connectivity index (χ4v) is 2.88. The van der Waals surface area contributed by atoms with Gasteiger partial charge in [-0.15, -0.1) is 11.3 Å². The first-order chi connectivity index (χ1) is 6.93. The molecule has 15 heavy (non-hydrogen) atoms. The molecule has 0 N–H and O–H groups in total. The minimum Gasteiger partial charge on any atom is -0.302 e. The highest BCUT2D eigenvalue weighted by molar-refractivity contribution is 9.11. The third-order valence-electron chi connectivity index (χ3n) is 2.20. The SMILES string of the molecule is CN(Cc1csc(Br)c1)CC(C)(C)CS. The van der Waals surface area contributed by atoms with Gasteiger partial charge in [-0.25, -0.2) is 0 Å². The second kappa shape index (κ2) is 5.71. The van der Waals surface area contributed by atoms with Crippen molar-refractivity contribution in [1.82, 2.24) is 4.90 Å². The smallest absolute Gasteiger partial charge is 0.0701 e. The molecule has 0 fully saturated rings. The van der Waals surface area contributed by atoms with Crippen LogP contribution in [-0.2, 0) is 6.54 Å². The second-order valence-electron chi connectivity index (χ2n) is 4.75. The lowest BCUT2D eigenvalue weighted by atomic mass is 9.96. The van der Waals surface area contributed by atoms with E-state index in [1.807, 2.05) is 0 Å². The van der Waals surface area contributed by atoms with Gasteiger partial charge >= 0.3 is 0 Å². The van der Waals surface area contributed by atoms with Crippen molar-refractivity contribution in [1.29, 1.82) is 0 Å². The van der Waals surface area contributed by atoms with Crippen LogP contribution in [0.3, 0.4) is 0 Å². The maximum atomic E-state index is 4.37. The summed E-state index contributed by atoms with van der Waals surface area (Å²) in [6, 6.07) is 2.19. The van der Waals surface area contributed by atoms with Crippen LogP contribution in [0.25, 0.3) is 0 Å². The van der Waals surface area contributed by atoms with Crippen LogP contribution in [0.5, 0.6) is 0 Å². The van der Waals surface area contributed by atoms with Crippen LogP contribution in [-0.4, -0.2) is 24.2 Å². The number of thiol groups is 1. The van der Waals surface area contributed by atoms with Gasteiger partial charge in [-0.1, -0.05) is 13.8 Å². The highest BCUT2D eigenvalue weighted by Gasteiger charge is 2.18. The third kappa shape index (κ3) is 4.89. The number of hydrogen-bond acceptors (Lipinski definition) is 3. The normalized spacial score (nSPS) is 12.4. The van der Waals surface area contributed by atoms with Gasteiger partial charge in [0.2, 0.25) is 0 Å². The second-order valence-corrected chi connectivity index (χ2v) is 7.36. The van der Waals surface area contributed by atoms with E-state index in [2.05, 4.69) is 65.8 Å². The number of hydrogen-bond donors (Lipinski definition) is 1. The zero-order chi connectivity index (χ0) is 11.5. The Hall–Kier alpha value is 0.490. The fraction of sp³-hybridized carbons (Fsp3) is 0.636. The molecule has 0 atom stereocenters. The number of nitrogens with zero attached hydrogens (tertiary/aromatic N) is 1. The molecule has 0 aliphatic heterocycles. The number of thiophene rings is 1. The van der Waals surface area contributed by atoms with Gasteiger partial charge in [0.15, 0.2) is 0 Å². The molecule has 0 unspecified atom stereocenters. The van der Waals surface area contributed by atoms with Gasteiger partial charge in [0.25, 0.3) is 0 Å². The van der Waals surface area contributed by atoms with Crippen molar-refractivity contribution in [2.45, 2.75) is 20.4 Å². The minimum absolute atomic E-state index is 0.283. The zero-order valence-electron chi connectivity index (χ0n) is 9.46. The predicted molar refractivity (Wildman–Crippen MR) is 76.0 cm³/mol. The van der Waals surface area contributed by atoms with E-state index in [9.17, 15) is 0 Å². The lowest BCUT2D eigenvalue weighted by Gasteiger charge is -2.28. The minimum atomic E-state index is 0.283. The molecule has 86 valence electrons. The summed E-state index contributed by atoms with van der Waals surface area (Å²) in [6.07, 6.45) is 0. The highest BCUT2D eigenvalue weighted by atomic mass is 79.9. The maximum Gasteiger partial charge on any atom is 0.0701 e. The monoisotopic (exact) mass is 307 g/mol. The molecule has 0 aliphatic rings. The summed E-state index contributed by atoms with van der Waals surface area (Å²) in [6.45, 7) is 6.59. The molecule has 0 aromatic carbocycles. The molecular formula is C11H18BrNS2. The van der Waals surface area contributed by atoms with Crippen LogP contribution >= 0.6 is 39.9 Å². The summed E-state index contributed by atoms with van der Waals surface area (Å²) >= 11 is 9.60. The van der Waals surface area contributed by atoms with Gasteiger partial charge in [-0.05, 0) is 51.2 Å². The van der Waals surface area contributed by atoms with Crippen LogP contribution < -0.4 is 0 Å². The zero-order valence-corrected chi connectivity index (χ0v) is 12.8. The molecule has 0 radical (unpaired) electrons. The van der Waals surface area contributed by atoms with Crippen molar-refractivity contribution in [3.8, 4) is 0 Å². The topological polar surface area (TPSA) is 3.24 Å². The first kappa shape index (κ1) is 13.6. The van der Waals surface area contributed by atoms with Crippen molar-refractivity contribution in [3.63, 3.8) is 0 Å². The molecule has 1 aromatic rings. The average Bonchev–Trinajstić information content (AvgIpc) is 2.50. The Morgan fingerprint density at radius 2 is 2.20 bits per heavy atom. The Labute approximate surface area is 110 Å². The Morgan fingerprint density at radius 3 is 2.67 bits per heavy atom. The Bertz CT molecular complexity index is 309. The Kier molecular flexibility index (Phi) is 5.16. The molecule has 1 nitrogen and oxygen atoms in total. The van der Waals surface area contributed by atoms with E-state index < -0.39 is 0 Å². The number of rotatable bonds is 5. The maximum absolute atomic E-state index is 4.37. The summed E-state index contributed by atoms with van der Waals surface area (Å²) in [5.74, 6) is 0.921. The quantitative estimate of drug-likeness (QED) is 0.808. The van der Waals surface area contributed by atoms with E-state index in [-0.39, 0.29) is 5.41 Å². The highest BCUT2D eigenvalue weighted by Crippen LogP contribution is 2.23. The van der Waals surface area contributed by atoms with Crippen molar-refractivity contribution in [2.75, 3.05) is 19.3 Å². The molecule has 0 saturated carbocycles. The molecule has 0 bridgehead atoms. The molecular weight excluding hydrogens is 290 g/mol. The first-order valence-electron chi connectivity index (χ1n) is 4.95. The molecule has 1 heterocycles. The molecule has 1 rings (SSSR count). The fourth-order valence-electron chi connectivity index (χ4n) is 1.58. The molecule has 0 spiro atoms. The van der Waals surface area contributed by atoms with Gasteiger partial charge in [0.1, 0.15) is 0 Å². The van der Waals surface area contributed by atoms with Crippen molar-refractivity contribution < 1.29 is 0 Å². The van der Waals surface area contributed by atoms with Crippen LogP contribution in [0.15, 0.2) is 15.2 Å². The van der Waals surface area contributed by atoms with Crippen molar-refractivity contribution in [3.05, 3.63) is 20.8 Å². The summed E-state index contributed by atoms with van der Waals surface area (Å²) in [7, 11) is 2.16. The van der Waals surface area contributed by atoms with E-state index in [1.54, 1.807) is 11.3 Å². The van der Waals surface area contributed by atoms with Crippen LogP contribution in [0.1, 0.15) is 19.4 Å². The molecule has 0 saturated heterocycles. The Morgan fingerprint density at radius 1 is 1.53 bits per heavy atom. The van der Waals surface area contributed by atoms with Gasteiger partial charge < -0.3 is 4.90 Å². The van der Waals surface area contributed by atoms with E-state index in [4.69, 9.17) is 0 Å². The molecule has 1 aromatic heterocycles. The summed E-state index contributed by atoms with van der Waals surface area (Å²) in [5.41, 5.74) is 1.66. The van der Waals surface area contributed by atoms with E-state index in [1.165, 1.54) is 9.35 Å². The Balaban J connectivity index is 2.46. The third-order valence-corrected chi connectivity index (χ3v) is 4.61. The first-order valence-corrected chi connectivity index (χ1v) is 7.26. The summed E-state index contributed by atoms with van der Waals surface area (Å²) < 4.78 is 1.21. The average molecular weight is 308 g/mol. The van der Waals surface area contributed by atoms with Crippen molar-refractivity contribution in [2.24, 2.45) is 5.41 Å².